The van der Waals surface area contributed by atoms with Gasteiger partial charge in [0.25, 0.3) is 0 Å². The summed E-state index contributed by atoms with van der Waals surface area (Å²) in [4.78, 5) is 22.6. The van der Waals surface area contributed by atoms with Crippen LogP contribution >= 0.6 is 23.2 Å². The summed E-state index contributed by atoms with van der Waals surface area (Å²) in [6, 6.07) is 0. The summed E-state index contributed by atoms with van der Waals surface area (Å²) in [5, 5.41) is 0.522. The number of ether oxygens (including phenoxy) is 2. The summed E-state index contributed by atoms with van der Waals surface area (Å²) in [5.74, 6) is -1.07. The van der Waals surface area contributed by atoms with Gasteiger partial charge in [0.05, 0.1) is 25.4 Å². The third kappa shape index (κ3) is 2.57. The molecule has 0 saturated heterocycles. The number of methoxy groups -OCH3 is 2. The second kappa shape index (κ2) is 5.37. The first-order valence-corrected chi connectivity index (χ1v) is 5.18. The van der Waals surface area contributed by atoms with Crippen LogP contribution in [0.5, 0.6) is 0 Å². The molecule has 0 bridgehead atoms. The van der Waals surface area contributed by atoms with Crippen molar-refractivity contribution in [3.63, 3.8) is 0 Å². The van der Waals surface area contributed by atoms with Gasteiger partial charge in [-0.05, 0) is 0 Å². The van der Waals surface area contributed by atoms with Crippen LogP contribution in [0.25, 0.3) is 0 Å². The monoisotopic (exact) mass is 264 g/mol. The largest absolute Gasteiger partial charge is 0.466 e. The molecule has 1 aliphatic carbocycles. The maximum absolute atomic E-state index is 11.3. The van der Waals surface area contributed by atoms with Crippen molar-refractivity contribution in [3.05, 3.63) is 21.2 Å². The fourth-order valence-electron chi connectivity index (χ4n) is 1.33. The molecule has 0 N–H and O–H groups in total. The quantitative estimate of drug-likeness (QED) is 0.717. The zero-order chi connectivity index (χ0) is 12.3. The Bertz CT molecular complexity index is 358. The molecule has 88 valence electrons. The minimum absolute atomic E-state index is 0.0947. The first-order chi connectivity index (χ1) is 7.51. The molecule has 0 fully saturated rings. The molecule has 0 aliphatic heterocycles. The lowest BCUT2D eigenvalue weighted by atomic mass is 9.99. The third-order valence-electron chi connectivity index (χ3n) is 2.18. The van der Waals surface area contributed by atoms with E-state index in [2.05, 4.69) is 9.47 Å². The van der Waals surface area contributed by atoms with Crippen LogP contribution in [-0.2, 0) is 19.1 Å². The van der Waals surface area contributed by atoms with Crippen molar-refractivity contribution >= 4 is 35.1 Å². The number of hydrogen-bond donors (Lipinski definition) is 0. The van der Waals surface area contributed by atoms with Gasteiger partial charge in [0.1, 0.15) is 0 Å². The van der Waals surface area contributed by atoms with Crippen molar-refractivity contribution in [2.75, 3.05) is 14.2 Å². The molecule has 0 atom stereocenters. The zero-order valence-electron chi connectivity index (χ0n) is 8.80. The van der Waals surface area contributed by atoms with Gasteiger partial charge in [-0.15, -0.1) is 0 Å². The van der Waals surface area contributed by atoms with Crippen molar-refractivity contribution in [1.29, 1.82) is 0 Å². The SMILES string of the molecule is COC(=O)C1=C(Cl)CC(C(=O)OC)=C(Cl)C1. The molecule has 0 aromatic heterocycles. The van der Waals surface area contributed by atoms with Gasteiger partial charge < -0.3 is 9.47 Å². The lowest BCUT2D eigenvalue weighted by Gasteiger charge is -2.17. The van der Waals surface area contributed by atoms with Crippen LogP contribution in [0, 0.1) is 0 Å². The van der Waals surface area contributed by atoms with Crippen LogP contribution in [0.15, 0.2) is 21.2 Å². The summed E-state index contributed by atoms with van der Waals surface area (Å²) in [7, 11) is 2.51. The summed E-state index contributed by atoms with van der Waals surface area (Å²) in [6.07, 6.45) is 0.189. The number of allylic oxidation sites excluding steroid dienone is 2. The number of carbonyl (C=O) groups excluding carboxylic acids is 2. The maximum Gasteiger partial charge on any atom is 0.335 e. The summed E-state index contributed by atoms with van der Waals surface area (Å²) < 4.78 is 9.10. The normalized spacial score (nSPS) is 16.2. The molecule has 1 rings (SSSR count). The molecule has 0 radical (unpaired) electrons. The molecular weight excluding hydrogens is 255 g/mol. The van der Waals surface area contributed by atoms with E-state index < -0.39 is 11.9 Å². The Morgan fingerprint density at radius 1 is 0.938 bits per heavy atom. The first kappa shape index (κ1) is 13.1. The smallest absolute Gasteiger partial charge is 0.335 e. The van der Waals surface area contributed by atoms with Crippen LogP contribution < -0.4 is 0 Å². The summed E-state index contributed by atoms with van der Waals surface area (Å²) >= 11 is 11.8. The van der Waals surface area contributed by atoms with Crippen molar-refractivity contribution < 1.29 is 19.1 Å². The van der Waals surface area contributed by atoms with Gasteiger partial charge in [0.15, 0.2) is 0 Å². The average molecular weight is 265 g/mol. The summed E-state index contributed by atoms with van der Waals surface area (Å²) in [6.45, 7) is 0. The molecule has 1 aliphatic rings. The average Bonchev–Trinajstić information content (AvgIpc) is 2.29. The molecule has 6 heteroatoms. The van der Waals surface area contributed by atoms with E-state index in [0.29, 0.717) is 0 Å². The molecule has 0 heterocycles. The van der Waals surface area contributed by atoms with Crippen LogP contribution in [0.1, 0.15) is 12.8 Å². The number of hydrogen-bond acceptors (Lipinski definition) is 4. The van der Waals surface area contributed by atoms with Crippen LogP contribution in [0.3, 0.4) is 0 Å². The zero-order valence-corrected chi connectivity index (χ0v) is 10.3. The highest BCUT2D eigenvalue weighted by Gasteiger charge is 2.27. The Hall–Kier alpha value is -1.00. The Kier molecular flexibility index (Phi) is 4.38. The number of rotatable bonds is 2. The number of halogens is 2. The Labute approximate surface area is 103 Å². The van der Waals surface area contributed by atoms with E-state index >= 15 is 0 Å². The molecule has 4 nitrogen and oxygen atoms in total. The second-order valence-electron chi connectivity index (χ2n) is 3.10. The van der Waals surface area contributed by atoms with E-state index in [1.165, 1.54) is 14.2 Å². The Morgan fingerprint density at radius 3 is 1.50 bits per heavy atom. The number of carbonyl (C=O) groups is 2. The molecule has 0 saturated carbocycles. The van der Waals surface area contributed by atoms with Crippen LogP contribution in [-0.4, -0.2) is 26.2 Å². The van der Waals surface area contributed by atoms with Gasteiger partial charge in [-0.2, -0.15) is 0 Å². The van der Waals surface area contributed by atoms with Gasteiger partial charge in [-0.25, -0.2) is 9.59 Å². The Morgan fingerprint density at radius 2 is 1.25 bits per heavy atom. The highest BCUT2D eigenvalue weighted by atomic mass is 35.5. The van der Waals surface area contributed by atoms with Gasteiger partial charge >= 0.3 is 11.9 Å². The van der Waals surface area contributed by atoms with Gasteiger partial charge in [-0.1, -0.05) is 23.2 Å². The highest BCUT2D eigenvalue weighted by molar-refractivity contribution is 6.36. The number of esters is 2. The van der Waals surface area contributed by atoms with Crippen LogP contribution in [0.4, 0.5) is 0 Å². The highest BCUT2D eigenvalue weighted by Crippen LogP contribution is 2.35. The van der Waals surface area contributed by atoms with Crippen molar-refractivity contribution in [2.24, 2.45) is 0 Å². The fourth-order valence-corrected chi connectivity index (χ4v) is 1.88. The first-order valence-electron chi connectivity index (χ1n) is 4.43. The predicted octanol–water partition coefficient (Wildman–Crippen LogP) is 2.11. The minimum Gasteiger partial charge on any atom is -0.466 e. The third-order valence-corrected chi connectivity index (χ3v) is 2.91. The molecular formula is C10H10Cl2O4. The van der Waals surface area contributed by atoms with Crippen molar-refractivity contribution in [2.45, 2.75) is 12.8 Å². The maximum atomic E-state index is 11.3. The van der Waals surface area contributed by atoms with Gasteiger partial charge in [0.2, 0.25) is 0 Å². The fraction of sp³-hybridized carbons (Fsp3) is 0.400. The van der Waals surface area contributed by atoms with E-state index in [4.69, 9.17) is 23.2 Å². The van der Waals surface area contributed by atoms with Gasteiger partial charge in [-0.3, -0.25) is 0 Å². The summed E-state index contributed by atoms with van der Waals surface area (Å²) in [5.41, 5.74) is 0.559. The van der Waals surface area contributed by atoms with Crippen molar-refractivity contribution in [3.8, 4) is 0 Å². The molecule has 16 heavy (non-hydrogen) atoms. The van der Waals surface area contributed by atoms with E-state index in [9.17, 15) is 9.59 Å². The minimum atomic E-state index is -0.535. The molecule has 0 amide bonds. The second-order valence-corrected chi connectivity index (χ2v) is 4.02. The topological polar surface area (TPSA) is 52.6 Å². The molecule has 0 aromatic rings. The standard InChI is InChI=1S/C10H10Cl2O4/c1-15-9(13)5-3-8(12)6(4-7(5)11)10(14)16-2/h3-4H2,1-2H3. The van der Waals surface area contributed by atoms with E-state index in [0.717, 1.165) is 0 Å². The molecule has 0 aromatic carbocycles. The lowest BCUT2D eigenvalue weighted by Crippen LogP contribution is -2.15. The van der Waals surface area contributed by atoms with Gasteiger partial charge in [0, 0.05) is 22.9 Å². The van der Waals surface area contributed by atoms with E-state index in [1.54, 1.807) is 0 Å². The Balaban J connectivity index is 2.96. The van der Waals surface area contributed by atoms with E-state index in [1.807, 2.05) is 0 Å². The van der Waals surface area contributed by atoms with Crippen molar-refractivity contribution in [1.82, 2.24) is 0 Å². The predicted molar refractivity (Wildman–Crippen MR) is 59.0 cm³/mol. The lowest BCUT2D eigenvalue weighted by molar-refractivity contribution is -0.137. The molecule has 0 spiro atoms. The van der Waals surface area contributed by atoms with Crippen LogP contribution in [0.2, 0.25) is 0 Å². The molecule has 0 unspecified atom stereocenters. The van der Waals surface area contributed by atoms with E-state index in [-0.39, 0.29) is 34.1 Å².